The fraction of sp³-hybridized carbons (Fsp3) is 0.682. The first kappa shape index (κ1) is 18.8. The van der Waals surface area contributed by atoms with Gasteiger partial charge in [-0.15, -0.1) is 0 Å². The number of hydrogen-bond acceptors (Lipinski definition) is 4. The van der Waals surface area contributed by atoms with E-state index in [9.17, 15) is 4.79 Å². The Labute approximate surface area is 162 Å². The molecule has 0 aliphatic carbocycles. The molecule has 2 atom stereocenters. The molecule has 0 spiro atoms. The second kappa shape index (κ2) is 7.80. The summed E-state index contributed by atoms with van der Waals surface area (Å²) < 4.78 is 17.1. The highest BCUT2D eigenvalue weighted by atomic mass is 16.7. The molecular weight excluding hydrogens is 342 g/mol. The number of hydrogen-bond donors (Lipinski definition) is 0. The number of nitrogens with zero attached hydrogens (tertiary/aromatic N) is 1. The predicted octanol–water partition coefficient (Wildman–Crippen LogP) is 3.85. The zero-order valence-corrected chi connectivity index (χ0v) is 16.5. The first-order valence-electron chi connectivity index (χ1n) is 10.4. The molecule has 1 amide bonds. The number of carbonyl (C=O) groups is 1. The molecule has 148 valence electrons. The Bertz CT molecular complexity index is 683. The largest absolute Gasteiger partial charge is 0.493 e. The summed E-state index contributed by atoms with van der Waals surface area (Å²) in [5.74, 6) is 0.993. The van der Waals surface area contributed by atoms with Crippen LogP contribution in [-0.2, 0) is 20.7 Å². The van der Waals surface area contributed by atoms with Crippen LogP contribution >= 0.6 is 0 Å². The molecule has 3 heterocycles. The van der Waals surface area contributed by atoms with Crippen LogP contribution in [0.1, 0.15) is 63.1 Å². The average Bonchev–Trinajstić information content (AvgIpc) is 3.38. The van der Waals surface area contributed by atoms with Crippen LogP contribution in [0.15, 0.2) is 18.2 Å². The topological polar surface area (TPSA) is 48.0 Å². The first-order valence-corrected chi connectivity index (χ1v) is 10.4. The lowest BCUT2D eigenvalue weighted by atomic mass is 9.97. The van der Waals surface area contributed by atoms with Crippen molar-refractivity contribution < 1.29 is 19.0 Å². The van der Waals surface area contributed by atoms with E-state index in [2.05, 4.69) is 30.0 Å². The summed E-state index contributed by atoms with van der Waals surface area (Å²) in [6.07, 6.45) is 5.61. The fourth-order valence-corrected chi connectivity index (χ4v) is 4.74. The van der Waals surface area contributed by atoms with Gasteiger partial charge >= 0.3 is 0 Å². The van der Waals surface area contributed by atoms with Gasteiger partial charge in [-0.25, -0.2) is 0 Å². The number of likely N-dealkylation sites (tertiary alicyclic amines) is 1. The molecule has 5 heteroatoms. The van der Waals surface area contributed by atoms with Crippen molar-refractivity contribution in [2.24, 2.45) is 5.92 Å². The van der Waals surface area contributed by atoms with Gasteiger partial charge in [0.15, 0.2) is 5.79 Å². The van der Waals surface area contributed by atoms with Crippen LogP contribution in [0, 0.1) is 5.92 Å². The summed E-state index contributed by atoms with van der Waals surface area (Å²) in [6, 6.07) is 6.64. The van der Waals surface area contributed by atoms with Gasteiger partial charge < -0.3 is 19.1 Å². The fourth-order valence-electron chi connectivity index (χ4n) is 4.74. The second-order valence-corrected chi connectivity index (χ2v) is 8.13. The van der Waals surface area contributed by atoms with Crippen molar-refractivity contribution in [2.75, 3.05) is 26.4 Å². The third-order valence-electron chi connectivity index (χ3n) is 6.30. The van der Waals surface area contributed by atoms with Crippen molar-refractivity contribution in [3.8, 4) is 5.75 Å². The molecule has 5 nitrogen and oxygen atoms in total. The number of carbonyl (C=O) groups excluding carboxylic acids is 1. The van der Waals surface area contributed by atoms with E-state index in [1.165, 1.54) is 11.1 Å². The molecule has 27 heavy (non-hydrogen) atoms. The van der Waals surface area contributed by atoms with Crippen molar-refractivity contribution in [1.29, 1.82) is 0 Å². The van der Waals surface area contributed by atoms with Crippen molar-refractivity contribution >= 4 is 5.91 Å². The molecule has 1 aromatic rings. The lowest BCUT2D eigenvalue weighted by Crippen LogP contribution is -2.32. The van der Waals surface area contributed by atoms with Crippen LogP contribution < -0.4 is 4.74 Å². The Morgan fingerprint density at radius 2 is 2.07 bits per heavy atom. The molecule has 1 aromatic carbocycles. The van der Waals surface area contributed by atoms with Crippen molar-refractivity contribution in [3.05, 3.63) is 29.3 Å². The number of fused-ring (bicyclic) bond motifs is 1. The summed E-state index contributed by atoms with van der Waals surface area (Å²) in [7, 11) is 0. The van der Waals surface area contributed by atoms with Gasteiger partial charge in [-0.05, 0) is 49.8 Å². The van der Waals surface area contributed by atoms with Gasteiger partial charge in [-0.3, -0.25) is 4.79 Å². The van der Waals surface area contributed by atoms with E-state index < -0.39 is 5.79 Å². The highest BCUT2D eigenvalue weighted by molar-refractivity contribution is 5.81. The van der Waals surface area contributed by atoms with E-state index in [1.54, 1.807) is 0 Å². The predicted molar refractivity (Wildman–Crippen MR) is 103 cm³/mol. The second-order valence-electron chi connectivity index (χ2n) is 8.13. The minimum absolute atomic E-state index is 0.134. The number of benzene rings is 1. The molecule has 0 saturated carbocycles. The van der Waals surface area contributed by atoms with Gasteiger partial charge in [0, 0.05) is 25.3 Å². The Hall–Kier alpha value is -1.59. The highest BCUT2D eigenvalue weighted by Gasteiger charge is 2.37. The molecule has 4 rings (SSSR count). The van der Waals surface area contributed by atoms with Gasteiger partial charge in [-0.2, -0.15) is 0 Å². The third-order valence-corrected chi connectivity index (χ3v) is 6.30. The SMILES string of the molecule is CCC(c1ccc2c(c1)OCC2)N1CCC(CCCC2(C)OCCO2)C1=O. The summed E-state index contributed by atoms with van der Waals surface area (Å²) in [5.41, 5.74) is 2.48. The van der Waals surface area contributed by atoms with Gasteiger partial charge in [0.05, 0.1) is 25.9 Å². The lowest BCUT2D eigenvalue weighted by molar-refractivity contribution is -0.148. The number of ether oxygens (including phenoxy) is 3. The molecular formula is C22H31NO4. The van der Waals surface area contributed by atoms with Crippen LogP contribution in [0.25, 0.3) is 0 Å². The average molecular weight is 373 g/mol. The van der Waals surface area contributed by atoms with Crippen LogP contribution in [0.3, 0.4) is 0 Å². The number of amides is 1. The minimum atomic E-state index is -0.447. The van der Waals surface area contributed by atoms with E-state index >= 15 is 0 Å². The van der Waals surface area contributed by atoms with E-state index in [0.29, 0.717) is 19.1 Å². The van der Waals surface area contributed by atoms with Crippen molar-refractivity contribution in [3.63, 3.8) is 0 Å². The van der Waals surface area contributed by atoms with Crippen LogP contribution in [0.5, 0.6) is 5.75 Å². The van der Waals surface area contributed by atoms with Crippen LogP contribution in [-0.4, -0.2) is 43.0 Å². The van der Waals surface area contributed by atoms with Gasteiger partial charge in [0.25, 0.3) is 0 Å². The Morgan fingerprint density at radius 1 is 1.26 bits per heavy atom. The standard InChI is InChI=1S/C22H31NO4/c1-3-19(18-7-6-16-9-12-25-20(16)15-18)23-11-8-17(21(23)24)5-4-10-22(2)26-13-14-27-22/h6-7,15,17,19H,3-5,8-14H2,1-2H3. The van der Waals surface area contributed by atoms with Crippen LogP contribution in [0.4, 0.5) is 0 Å². The maximum Gasteiger partial charge on any atom is 0.226 e. The van der Waals surface area contributed by atoms with Crippen LogP contribution in [0.2, 0.25) is 0 Å². The smallest absolute Gasteiger partial charge is 0.226 e. The molecule has 0 bridgehead atoms. The Kier molecular flexibility index (Phi) is 5.42. The minimum Gasteiger partial charge on any atom is -0.493 e. The highest BCUT2D eigenvalue weighted by Crippen LogP contribution is 2.37. The lowest BCUT2D eigenvalue weighted by Gasteiger charge is -2.28. The van der Waals surface area contributed by atoms with E-state index in [-0.39, 0.29) is 12.0 Å². The quantitative estimate of drug-likeness (QED) is 0.728. The van der Waals surface area contributed by atoms with Gasteiger partial charge in [-0.1, -0.05) is 19.1 Å². The van der Waals surface area contributed by atoms with Crippen molar-refractivity contribution in [2.45, 2.75) is 64.2 Å². The first-order chi connectivity index (χ1) is 13.1. The molecule has 3 aliphatic heterocycles. The third kappa shape index (κ3) is 3.85. The maximum absolute atomic E-state index is 13.1. The van der Waals surface area contributed by atoms with E-state index in [0.717, 1.165) is 57.4 Å². The zero-order valence-electron chi connectivity index (χ0n) is 16.5. The molecule has 0 aromatic heterocycles. The molecule has 2 unspecified atom stereocenters. The molecule has 2 saturated heterocycles. The van der Waals surface area contributed by atoms with E-state index in [1.807, 2.05) is 6.92 Å². The van der Waals surface area contributed by atoms with Gasteiger partial charge in [0.1, 0.15) is 5.75 Å². The summed E-state index contributed by atoms with van der Waals surface area (Å²) in [6.45, 7) is 7.14. The number of rotatable bonds is 7. The van der Waals surface area contributed by atoms with Gasteiger partial charge in [0.2, 0.25) is 5.91 Å². The molecule has 3 aliphatic rings. The molecule has 2 fully saturated rings. The summed E-state index contributed by atoms with van der Waals surface area (Å²) in [5, 5.41) is 0. The summed E-state index contributed by atoms with van der Waals surface area (Å²) >= 11 is 0. The maximum atomic E-state index is 13.1. The van der Waals surface area contributed by atoms with E-state index in [4.69, 9.17) is 14.2 Å². The van der Waals surface area contributed by atoms with Crippen molar-refractivity contribution in [1.82, 2.24) is 4.90 Å². The Balaban J connectivity index is 1.36. The Morgan fingerprint density at radius 3 is 2.85 bits per heavy atom. The normalized spacial score (nSPS) is 24.9. The monoisotopic (exact) mass is 373 g/mol. The zero-order chi connectivity index (χ0) is 18.9. The molecule has 0 N–H and O–H groups in total. The summed E-state index contributed by atoms with van der Waals surface area (Å²) in [4.78, 5) is 15.1. The molecule has 0 radical (unpaired) electrons.